The fourth-order valence-electron chi connectivity index (χ4n) is 0.920. The molecule has 0 atom stereocenters. The second-order valence-corrected chi connectivity index (χ2v) is 7.16. The van der Waals surface area contributed by atoms with E-state index in [9.17, 15) is 8.42 Å². The third-order valence-corrected chi connectivity index (χ3v) is 5.47. The first-order chi connectivity index (χ1) is 7.04. The van der Waals surface area contributed by atoms with Gasteiger partial charge in [-0.3, -0.25) is 0 Å². The van der Waals surface area contributed by atoms with Gasteiger partial charge in [-0.25, -0.2) is 13.6 Å². The monoisotopic (exact) mass is 267 g/mol. The highest BCUT2D eigenvalue weighted by atomic mass is 32.3. The van der Waals surface area contributed by atoms with Crippen molar-refractivity contribution < 1.29 is 13.5 Å². The number of hydrogen-bond acceptors (Lipinski definition) is 5. The molecule has 1 rings (SSSR count). The number of nitrogens with two attached hydrogens (primary N) is 1. The first-order valence-electron chi connectivity index (χ1n) is 4.40. The van der Waals surface area contributed by atoms with Crippen LogP contribution < -0.4 is 5.14 Å². The van der Waals surface area contributed by atoms with Gasteiger partial charge >= 0.3 is 0 Å². The van der Waals surface area contributed by atoms with Gasteiger partial charge in [0.25, 0.3) is 0 Å². The van der Waals surface area contributed by atoms with E-state index in [1.165, 1.54) is 17.4 Å². The predicted octanol–water partition coefficient (Wildman–Crippen LogP) is 1.26. The molecule has 0 aliphatic carbocycles. The Morgan fingerprint density at radius 2 is 2.13 bits per heavy atom. The van der Waals surface area contributed by atoms with E-state index in [1.54, 1.807) is 17.8 Å². The number of primary sulfonamides is 1. The summed E-state index contributed by atoms with van der Waals surface area (Å²) in [6.45, 7) is 0.202. The van der Waals surface area contributed by atoms with E-state index in [4.69, 9.17) is 10.2 Å². The summed E-state index contributed by atoms with van der Waals surface area (Å²) in [7, 11) is -3.55. The van der Waals surface area contributed by atoms with Gasteiger partial charge in [0.05, 0.1) is 4.21 Å². The van der Waals surface area contributed by atoms with Gasteiger partial charge in [0.2, 0.25) is 10.0 Å². The van der Waals surface area contributed by atoms with Gasteiger partial charge in [-0.05, 0) is 30.7 Å². The van der Waals surface area contributed by atoms with Crippen LogP contribution in [0.3, 0.4) is 0 Å². The molecule has 86 valence electrons. The Labute approximate surface area is 97.5 Å². The lowest BCUT2D eigenvalue weighted by Crippen LogP contribution is -2.09. The number of thiophene rings is 1. The van der Waals surface area contributed by atoms with E-state index in [0.717, 1.165) is 22.8 Å². The minimum Gasteiger partial charge on any atom is -0.396 e. The quantitative estimate of drug-likeness (QED) is 0.600. The average molecular weight is 267 g/mol. The molecule has 0 amide bonds. The maximum Gasteiger partial charge on any atom is 0.247 e. The van der Waals surface area contributed by atoms with Crippen molar-refractivity contribution in [3.05, 3.63) is 12.1 Å². The summed E-state index contributed by atoms with van der Waals surface area (Å²) in [5, 5.41) is 13.6. The summed E-state index contributed by atoms with van der Waals surface area (Å²) in [6.07, 6.45) is 1.70. The first-order valence-corrected chi connectivity index (χ1v) is 7.75. The number of hydrogen-bond donors (Lipinski definition) is 2. The maximum atomic E-state index is 11.0. The summed E-state index contributed by atoms with van der Waals surface area (Å²) >= 11 is 2.77. The molecule has 0 aromatic carbocycles. The van der Waals surface area contributed by atoms with Crippen molar-refractivity contribution in [2.75, 3.05) is 12.4 Å². The maximum absolute atomic E-state index is 11.0. The Hall–Kier alpha value is -0.0800. The van der Waals surface area contributed by atoms with Gasteiger partial charge in [0, 0.05) is 6.61 Å². The molecule has 0 saturated heterocycles. The van der Waals surface area contributed by atoms with Gasteiger partial charge in [-0.15, -0.1) is 23.1 Å². The van der Waals surface area contributed by atoms with Crippen LogP contribution in [0.4, 0.5) is 0 Å². The van der Waals surface area contributed by atoms with Crippen LogP contribution in [0, 0.1) is 0 Å². The van der Waals surface area contributed by atoms with Crippen molar-refractivity contribution in [3.8, 4) is 0 Å². The number of thioether (sulfide) groups is 1. The lowest BCUT2D eigenvalue weighted by atomic mass is 10.4. The number of aliphatic hydroxyl groups excluding tert-OH is 1. The van der Waals surface area contributed by atoms with E-state index in [2.05, 4.69) is 0 Å². The van der Waals surface area contributed by atoms with E-state index in [0.29, 0.717) is 0 Å². The molecule has 0 unspecified atom stereocenters. The number of aliphatic hydroxyl groups is 1. The zero-order valence-corrected chi connectivity index (χ0v) is 10.5. The van der Waals surface area contributed by atoms with Crippen LogP contribution in [0.2, 0.25) is 0 Å². The second-order valence-electron chi connectivity index (χ2n) is 2.90. The molecule has 0 aliphatic heterocycles. The molecule has 0 aliphatic rings. The van der Waals surface area contributed by atoms with Gasteiger partial charge in [0.15, 0.2) is 0 Å². The highest BCUT2D eigenvalue weighted by molar-refractivity contribution is 8.01. The summed E-state index contributed by atoms with van der Waals surface area (Å²) in [4.78, 5) is 0. The summed E-state index contributed by atoms with van der Waals surface area (Å²) in [6, 6.07) is 3.28. The van der Waals surface area contributed by atoms with E-state index in [-0.39, 0.29) is 10.8 Å². The van der Waals surface area contributed by atoms with Gasteiger partial charge < -0.3 is 5.11 Å². The molecule has 0 radical (unpaired) electrons. The largest absolute Gasteiger partial charge is 0.396 e. The third kappa shape index (κ3) is 4.52. The second kappa shape index (κ2) is 5.86. The topological polar surface area (TPSA) is 80.4 Å². The summed E-state index contributed by atoms with van der Waals surface area (Å²) in [5.74, 6) is 0.880. The minimum absolute atomic E-state index is 0.201. The molecule has 3 N–H and O–H groups in total. The van der Waals surface area contributed by atoms with Crippen LogP contribution in [0.25, 0.3) is 0 Å². The highest BCUT2D eigenvalue weighted by Crippen LogP contribution is 2.29. The van der Waals surface area contributed by atoms with Crippen molar-refractivity contribution in [2.24, 2.45) is 5.14 Å². The van der Waals surface area contributed by atoms with E-state index < -0.39 is 10.0 Å². The molecule has 15 heavy (non-hydrogen) atoms. The summed E-state index contributed by atoms with van der Waals surface area (Å²) < 4.78 is 23.1. The number of unbranched alkanes of at least 4 members (excludes halogenated alkanes) is 1. The zero-order valence-electron chi connectivity index (χ0n) is 8.05. The average Bonchev–Trinajstić information content (AvgIpc) is 2.60. The zero-order chi connectivity index (χ0) is 11.3. The Bertz CT molecular complexity index is 399. The molecular formula is C8H13NO3S3. The highest BCUT2D eigenvalue weighted by Gasteiger charge is 2.10. The number of rotatable bonds is 6. The van der Waals surface area contributed by atoms with Crippen LogP contribution in [0.15, 0.2) is 20.6 Å². The van der Waals surface area contributed by atoms with Crippen LogP contribution in [0.1, 0.15) is 12.8 Å². The lowest BCUT2D eigenvalue weighted by Gasteiger charge is -1.96. The molecule has 1 heterocycles. The van der Waals surface area contributed by atoms with E-state index >= 15 is 0 Å². The smallest absolute Gasteiger partial charge is 0.247 e. The fourth-order valence-corrected chi connectivity index (χ4v) is 4.01. The molecule has 0 saturated carbocycles. The molecule has 7 heteroatoms. The van der Waals surface area contributed by atoms with Crippen LogP contribution in [0.5, 0.6) is 0 Å². The van der Waals surface area contributed by atoms with Crippen molar-refractivity contribution in [1.29, 1.82) is 0 Å². The Kier molecular flexibility index (Phi) is 5.07. The summed E-state index contributed by atoms with van der Waals surface area (Å²) in [5.41, 5.74) is 0. The Morgan fingerprint density at radius 1 is 1.40 bits per heavy atom. The minimum atomic E-state index is -3.55. The predicted molar refractivity (Wildman–Crippen MR) is 62.7 cm³/mol. The lowest BCUT2D eigenvalue weighted by molar-refractivity contribution is 0.287. The molecule has 1 aromatic heterocycles. The van der Waals surface area contributed by atoms with Gasteiger partial charge in [-0.2, -0.15) is 0 Å². The van der Waals surface area contributed by atoms with Crippen molar-refractivity contribution >= 4 is 33.1 Å². The van der Waals surface area contributed by atoms with Crippen molar-refractivity contribution in [1.82, 2.24) is 0 Å². The van der Waals surface area contributed by atoms with Crippen LogP contribution in [-0.2, 0) is 10.0 Å². The van der Waals surface area contributed by atoms with Gasteiger partial charge in [-0.1, -0.05) is 0 Å². The molecule has 0 fully saturated rings. The molecule has 1 aromatic rings. The molecule has 0 spiro atoms. The Balaban J connectivity index is 2.47. The standard InChI is InChI=1S/C8H13NO3S3/c9-15(11,12)8-4-3-7(14-8)13-6-2-1-5-10/h3-4,10H,1-2,5-6H2,(H2,9,11,12). The van der Waals surface area contributed by atoms with Crippen molar-refractivity contribution in [3.63, 3.8) is 0 Å². The number of sulfonamides is 1. The molecule has 0 bridgehead atoms. The van der Waals surface area contributed by atoms with Crippen LogP contribution >= 0.6 is 23.1 Å². The molecule has 4 nitrogen and oxygen atoms in total. The first kappa shape index (κ1) is 13.0. The van der Waals surface area contributed by atoms with Crippen molar-refractivity contribution in [2.45, 2.75) is 21.3 Å². The Morgan fingerprint density at radius 3 is 2.67 bits per heavy atom. The van der Waals surface area contributed by atoms with Gasteiger partial charge in [0.1, 0.15) is 4.21 Å². The SMILES string of the molecule is NS(=O)(=O)c1ccc(SCCCCO)s1. The van der Waals surface area contributed by atoms with Crippen LogP contribution in [-0.4, -0.2) is 25.9 Å². The third-order valence-electron chi connectivity index (χ3n) is 1.63. The van der Waals surface area contributed by atoms with E-state index in [1.807, 2.05) is 0 Å². The molecular weight excluding hydrogens is 254 g/mol. The fraction of sp³-hybridized carbons (Fsp3) is 0.500. The normalized spacial score (nSPS) is 11.9.